The van der Waals surface area contributed by atoms with E-state index in [-0.39, 0.29) is 10.8 Å². The van der Waals surface area contributed by atoms with Gasteiger partial charge in [-0.15, -0.1) is 0 Å². The molecular weight excluding hydrogens is 358 g/mol. The number of fused-ring (bicyclic) bond motifs is 1. The number of H-pyrrole nitrogens is 1. The Morgan fingerprint density at radius 3 is 2.33 bits per heavy atom. The summed E-state index contributed by atoms with van der Waals surface area (Å²) in [5, 5.41) is 8.70. The van der Waals surface area contributed by atoms with Gasteiger partial charge in [0.15, 0.2) is 5.82 Å². The van der Waals surface area contributed by atoms with E-state index in [1.54, 1.807) is 11.8 Å². The summed E-state index contributed by atoms with van der Waals surface area (Å²) in [4.78, 5) is 17.8. The second-order valence-corrected chi connectivity index (χ2v) is 9.18. The first-order chi connectivity index (χ1) is 13.0. The van der Waals surface area contributed by atoms with E-state index in [4.69, 9.17) is 4.99 Å². The maximum Gasteiger partial charge on any atom is 0.271 e. The van der Waals surface area contributed by atoms with E-state index in [9.17, 15) is 4.79 Å². The normalized spacial score (nSPS) is 21.5. The van der Waals surface area contributed by atoms with Gasteiger partial charge in [-0.3, -0.25) is 19.3 Å². The highest BCUT2D eigenvalue weighted by Crippen LogP contribution is 2.46. The molecular formula is C20H29N5OS. The zero-order valence-electron chi connectivity index (χ0n) is 16.7. The summed E-state index contributed by atoms with van der Waals surface area (Å²) in [5.41, 5.74) is 4.06. The molecule has 4 rings (SSSR count). The monoisotopic (exact) mass is 387 g/mol. The van der Waals surface area contributed by atoms with Crippen LogP contribution in [0.2, 0.25) is 0 Å². The number of rotatable bonds is 2. The van der Waals surface area contributed by atoms with E-state index in [1.807, 2.05) is 25.6 Å². The molecule has 1 aliphatic carbocycles. The van der Waals surface area contributed by atoms with Crippen molar-refractivity contribution in [3.8, 4) is 0 Å². The summed E-state index contributed by atoms with van der Waals surface area (Å²) >= 11 is 1.67. The van der Waals surface area contributed by atoms with Crippen molar-refractivity contribution in [2.75, 3.05) is 0 Å². The first-order valence-electron chi connectivity index (χ1n) is 10.0. The highest BCUT2D eigenvalue weighted by Gasteiger charge is 2.34. The Morgan fingerprint density at radius 1 is 1.04 bits per heavy atom. The lowest BCUT2D eigenvalue weighted by molar-refractivity contribution is 0.349. The minimum absolute atomic E-state index is 0.00321. The molecule has 7 heteroatoms. The molecule has 0 amide bonds. The Labute approximate surface area is 164 Å². The first kappa shape index (κ1) is 18.6. The van der Waals surface area contributed by atoms with Crippen molar-refractivity contribution < 1.29 is 0 Å². The number of aliphatic imine (C=N–C) groups is 1. The van der Waals surface area contributed by atoms with Gasteiger partial charge in [0.25, 0.3) is 5.56 Å². The fraction of sp³-hybridized carbons (Fsp3) is 0.650. The zero-order valence-corrected chi connectivity index (χ0v) is 17.5. The van der Waals surface area contributed by atoms with E-state index in [1.165, 1.54) is 32.1 Å². The second kappa shape index (κ2) is 7.34. The van der Waals surface area contributed by atoms with Crippen LogP contribution in [0, 0.1) is 13.8 Å². The standard InChI is InChI=1S/C20H29N5OS/c1-12-16(13(2)24(4)22-12)18-17-19(21-14(3)27-18)25(23-20(17)26)15-10-8-6-5-7-9-11-15/h15,18H,5-11H2,1-4H3,(H,23,26). The number of nitrogens with one attached hydrogen (secondary N) is 1. The van der Waals surface area contributed by atoms with Crippen LogP contribution < -0.4 is 5.56 Å². The third-order valence-electron chi connectivity index (χ3n) is 6.02. The summed E-state index contributed by atoms with van der Waals surface area (Å²) in [7, 11) is 1.96. The third-order valence-corrected chi connectivity index (χ3v) is 7.16. The molecule has 146 valence electrons. The predicted molar refractivity (Wildman–Crippen MR) is 111 cm³/mol. The number of hydrogen-bond donors (Lipinski definition) is 1. The Bertz CT molecular complexity index is 927. The van der Waals surface area contributed by atoms with Crippen molar-refractivity contribution in [1.29, 1.82) is 0 Å². The molecule has 0 radical (unpaired) electrons. The fourth-order valence-electron chi connectivity index (χ4n) is 4.54. The van der Waals surface area contributed by atoms with Gasteiger partial charge in [0, 0.05) is 18.3 Å². The van der Waals surface area contributed by atoms with Crippen molar-refractivity contribution in [2.45, 2.75) is 77.0 Å². The van der Waals surface area contributed by atoms with Gasteiger partial charge in [0.1, 0.15) is 0 Å². The summed E-state index contributed by atoms with van der Waals surface area (Å²) in [5.74, 6) is 0.842. The molecule has 1 atom stereocenters. The largest absolute Gasteiger partial charge is 0.272 e. The van der Waals surface area contributed by atoms with E-state index in [2.05, 4.69) is 21.8 Å². The molecule has 1 N–H and O–H groups in total. The van der Waals surface area contributed by atoms with Crippen LogP contribution in [-0.2, 0) is 7.05 Å². The van der Waals surface area contributed by atoms with Crippen molar-refractivity contribution in [2.24, 2.45) is 12.0 Å². The molecule has 0 bridgehead atoms. The molecule has 1 unspecified atom stereocenters. The molecule has 2 aromatic rings. The highest BCUT2D eigenvalue weighted by atomic mass is 32.2. The summed E-state index contributed by atoms with van der Waals surface area (Å²) < 4.78 is 3.99. The van der Waals surface area contributed by atoms with Crippen molar-refractivity contribution in [3.63, 3.8) is 0 Å². The van der Waals surface area contributed by atoms with E-state index in [0.29, 0.717) is 6.04 Å². The van der Waals surface area contributed by atoms with Crippen molar-refractivity contribution >= 4 is 22.6 Å². The number of thioether (sulfide) groups is 1. The lowest BCUT2D eigenvalue weighted by Crippen LogP contribution is -2.15. The topological polar surface area (TPSA) is 68.0 Å². The van der Waals surface area contributed by atoms with Crippen LogP contribution in [0.5, 0.6) is 0 Å². The molecule has 1 fully saturated rings. The van der Waals surface area contributed by atoms with Crippen LogP contribution in [0.25, 0.3) is 0 Å². The summed E-state index contributed by atoms with van der Waals surface area (Å²) in [6, 6.07) is 0.346. The zero-order chi connectivity index (χ0) is 19.1. The van der Waals surface area contributed by atoms with Gasteiger partial charge in [-0.25, -0.2) is 4.99 Å². The van der Waals surface area contributed by atoms with Crippen LogP contribution in [-0.4, -0.2) is 24.6 Å². The minimum atomic E-state index is -0.0373. The van der Waals surface area contributed by atoms with E-state index in [0.717, 1.165) is 46.2 Å². The molecule has 0 aromatic carbocycles. The van der Waals surface area contributed by atoms with Gasteiger partial charge < -0.3 is 0 Å². The Hall–Kier alpha value is -1.76. The van der Waals surface area contributed by atoms with Gasteiger partial charge in [0.2, 0.25) is 0 Å². The molecule has 0 saturated heterocycles. The predicted octanol–water partition coefficient (Wildman–Crippen LogP) is 4.70. The van der Waals surface area contributed by atoms with Crippen LogP contribution in [0.1, 0.15) is 85.7 Å². The average molecular weight is 388 g/mol. The smallest absolute Gasteiger partial charge is 0.271 e. The molecule has 0 spiro atoms. The molecule has 1 saturated carbocycles. The molecule has 3 heterocycles. The molecule has 1 aliphatic heterocycles. The van der Waals surface area contributed by atoms with Gasteiger partial charge in [-0.1, -0.05) is 43.9 Å². The highest BCUT2D eigenvalue weighted by molar-refractivity contribution is 8.14. The maximum absolute atomic E-state index is 13.0. The number of nitrogens with zero attached hydrogens (tertiary/aromatic N) is 4. The Kier molecular flexibility index (Phi) is 5.05. The van der Waals surface area contributed by atoms with Gasteiger partial charge >= 0.3 is 0 Å². The first-order valence-corrected chi connectivity index (χ1v) is 10.9. The Balaban J connectivity index is 1.81. The third kappa shape index (κ3) is 3.30. The maximum atomic E-state index is 13.0. The molecule has 6 nitrogen and oxygen atoms in total. The lowest BCUT2D eigenvalue weighted by atomic mass is 9.96. The summed E-state index contributed by atoms with van der Waals surface area (Å²) in [6.45, 7) is 6.15. The minimum Gasteiger partial charge on any atom is -0.272 e. The molecule has 27 heavy (non-hydrogen) atoms. The van der Waals surface area contributed by atoms with Gasteiger partial charge in [0.05, 0.1) is 27.6 Å². The molecule has 2 aromatic heterocycles. The van der Waals surface area contributed by atoms with Crippen LogP contribution in [0.15, 0.2) is 9.79 Å². The number of aromatic nitrogens is 4. The van der Waals surface area contributed by atoms with Crippen molar-refractivity contribution in [3.05, 3.63) is 32.9 Å². The van der Waals surface area contributed by atoms with Gasteiger partial charge in [-0.2, -0.15) is 5.10 Å². The van der Waals surface area contributed by atoms with Gasteiger partial charge in [-0.05, 0) is 33.6 Å². The van der Waals surface area contributed by atoms with Crippen LogP contribution >= 0.6 is 11.8 Å². The fourth-order valence-corrected chi connectivity index (χ4v) is 5.81. The quantitative estimate of drug-likeness (QED) is 0.812. The van der Waals surface area contributed by atoms with E-state index < -0.39 is 0 Å². The van der Waals surface area contributed by atoms with Crippen LogP contribution in [0.3, 0.4) is 0 Å². The SMILES string of the molecule is CC1=Nc2c(c(=O)[nH]n2C2CCCCCCC2)C(c2c(C)nn(C)c2C)S1. The number of aromatic amines is 1. The number of aryl methyl sites for hydroxylation is 2. The summed E-state index contributed by atoms with van der Waals surface area (Å²) in [6.07, 6.45) is 8.60. The van der Waals surface area contributed by atoms with Crippen LogP contribution in [0.4, 0.5) is 5.82 Å². The van der Waals surface area contributed by atoms with E-state index >= 15 is 0 Å². The van der Waals surface area contributed by atoms with Crippen molar-refractivity contribution in [1.82, 2.24) is 19.6 Å². The Morgan fingerprint density at radius 2 is 1.70 bits per heavy atom. The molecule has 2 aliphatic rings. The number of hydrogen-bond acceptors (Lipinski definition) is 4. The lowest BCUT2D eigenvalue weighted by Gasteiger charge is -2.25. The second-order valence-electron chi connectivity index (χ2n) is 7.88. The average Bonchev–Trinajstić information content (AvgIpc) is 3.03.